The first-order valence-corrected chi connectivity index (χ1v) is 4.48. The van der Waals surface area contributed by atoms with Gasteiger partial charge in [0.2, 0.25) is 0 Å². The van der Waals surface area contributed by atoms with Crippen LogP contribution >= 0.6 is 11.8 Å². The predicted octanol–water partition coefficient (Wildman–Crippen LogP) is 1.81. The van der Waals surface area contributed by atoms with E-state index in [0.29, 0.717) is 11.5 Å². The molecule has 0 aliphatic carbocycles. The fourth-order valence-electron chi connectivity index (χ4n) is 0.993. The maximum Gasteiger partial charge on any atom is 0.417 e. The van der Waals surface area contributed by atoms with Gasteiger partial charge in [0.25, 0.3) is 0 Å². The van der Waals surface area contributed by atoms with Crippen molar-refractivity contribution in [1.82, 2.24) is 0 Å². The van der Waals surface area contributed by atoms with E-state index in [1.165, 1.54) is 11.8 Å². The number of thioether (sulfide) groups is 1. The lowest BCUT2D eigenvalue weighted by atomic mass is 9.96. The van der Waals surface area contributed by atoms with E-state index in [9.17, 15) is 13.2 Å². The van der Waals surface area contributed by atoms with Crippen molar-refractivity contribution in [3.8, 4) is 0 Å². The number of rotatable bonds is 0. The molecule has 1 aliphatic rings. The molecule has 0 amide bonds. The Hall–Kier alpha value is 0.100. The lowest BCUT2D eigenvalue weighted by molar-refractivity contribution is -0.262. The van der Waals surface area contributed by atoms with Gasteiger partial charge >= 0.3 is 6.18 Å². The molecule has 1 rings (SSSR count). The molecule has 1 heterocycles. The van der Waals surface area contributed by atoms with E-state index < -0.39 is 11.8 Å². The summed E-state index contributed by atoms with van der Waals surface area (Å²) in [6.45, 7) is 0. The van der Waals surface area contributed by atoms with Crippen LogP contribution in [0.4, 0.5) is 13.2 Å². The minimum Gasteiger partial charge on any atom is -0.380 e. The molecule has 1 aliphatic heterocycles. The van der Waals surface area contributed by atoms with Crippen molar-refractivity contribution in [2.24, 2.45) is 0 Å². The maximum absolute atomic E-state index is 12.1. The molecule has 5 heteroatoms. The van der Waals surface area contributed by atoms with Gasteiger partial charge in [-0.25, -0.2) is 0 Å². The highest BCUT2D eigenvalue weighted by Crippen LogP contribution is 2.40. The number of aliphatic hydroxyl groups is 1. The summed E-state index contributed by atoms with van der Waals surface area (Å²) in [4.78, 5) is 0. The molecule has 66 valence electrons. The van der Waals surface area contributed by atoms with Gasteiger partial charge in [-0.2, -0.15) is 24.9 Å². The maximum atomic E-state index is 12.1. The minimum absolute atomic E-state index is 0.166. The number of halogens is 3. The Morgan fingerprint density at radius 1 is 1.18 bits per heavy atom. The van der Waals surface area contributed by atoms with Gasteiger partial charge in [-0.05, 0) is 24.3 Å². The Kier molecular flexibility index (Phi) is 2.39. The third-order valence-electron chi connectivity index (χ3n) is 1.85. The molecule has 0 radical (unpaired) electrons. The van der Waals surface area contributed by atoms with Crippen LogP contribution in [0.15, 0.2) is 0 Å². The molecule has 0 aromatic heterocycles. The smallest absolute Gasteiger partial charge is 0.380 e. The Bertz CT molecular complexity index is 139. The molecule has 0 saturated carbocycles. The van der Waals surface area contributed by atoms with Gasteiger partial charge in [0.1, 0.15) is 0 Å². The van der Waals surface area contributed by atoms with E-state index >= 15 is 0 Å². The molecular weight excluding hydrogens is 177 g/mol. The molecule has 1 N–H and O–H groups in total. The van der Waals surface area contributed by atoms with Gasteiger partial charge in [-0.3, -0.25) is 0 Å². The van der Waals surface area contributed by atoms with Gasteiger partial charge in [0.05, 0.1) is 0 Å². The van der Waals surface area contributed by atoms with Crippen LogP contribution in [0.25, 0.3) is 0 Å². The van der Waals surface area contributed by atoms with Crippen molar-refractivity contribution in [1.29, 1.82) is 0 Å². The second kappa shape index (κ2) is 2.86. The van der Waals surface area contributed by atoms with Crippen LogP contribution < -0.4 is 0 Å². The molecule has 11 heavy (non-hydrogen) atoms. The summed E-state index contributed by atoms with van der Waals surface area (Å²) in [5.74, 6) is 0.798. The van der Waals surface area contributed by atoms with Crippen molar-refractivity contribution in [2.75, 3.05) is 11.5 Å². The first-order valence-electron chi connectivity index (χ1n) is 3.33. The van der Waals surface area contributed by atoms with Crippen molar-refractivity contribution < 1.29 is 18.3 Å². The molecule has 0 spiro atoms. The summed E-state index contributed by atoms with van der Waals surface area (Å²) in [5, 5.41) is 9.07. The molecule has 0 unspecified atom stereocenters. The second-order valence-electron chi connectivity index (χ2n) is 2.64. The van der Waals surface area contributed by atoms with Crippen molar-refractivity contribution in [2.45, 2.75) is 24.6 Å². The van der Waals surface area contributed by atoms with E-state index in [2.05, 4.69) is 0 Å². The monoisotopic (exact) mass is 186 g/mol. The molecule has 0 aromatic carbocycles. The highest BCUT2D eigenvalue weighted by Gasteiger charge is 2.53. The average molecular weight is 186 g/mol. The van der Waals surface area contributed by atoms with Crippen LogP contribution in [0.5, 0.6) is 0 Å². The zero-order valence-electron chi connectivity index (χ0n) is 5.82. The van der Waals surface area contributed by atoms with Crippen LogP contribution in [0.2, 0.25) is 0 Å². The summed E-state index contributed by atoms with van der Waals surface area (Å²) in [7, 11) is 0. The zero-order chi connectivity index (χ0) is 8.54. The first-order chi connectivity index (χ1) is 4.96. The van der Waals surface area contributed by atoms with Gasteiger partial charge in [-0.1, -0.05) is 0 Å². The number of hydrogen-bond acceptors (Lipinski definition) is 2. The molecule has 0 bridgehead atoms. The lowest BCUT2D eigenvalue weighted by Gasteiger charge is -2.33. The van der Waals surface area contributed by atoms with Gasteiger partial charge < -0.3 is 5.11 Å². The lowest BCUT2D eigenvalue weighted by Crippen LogP contribution is -2.47. The summed E-state index contributed by atoms with van der Waals surface area (Å²) in [6, 6.07) is 0. The molecule has 1 nitrogen and oxygen atoms in total. The molecule has 0 atom stereocenters. The van der Waals surface area contributed by atoms with Crippen LogP contribution in [0, 0.1) is 0 Å². The summed E-state index contributed by atoms with van der Waals surface area (Å²) >= 11 is 1.45. The normalized spacial score (nSPS) is 25.1. The predicted molar refractivity (Wildman–Crippen MR) is 37.6 cm³/mol. The van der Waals surface area contributed by atoms with Gasteiger partial charge in [0, 0.05) is 0 Å². The Labute approximate surface area is 67.0 Å². The van der Waals surface area contributed by atoms with Gasteiger partial charge in [-0.15, -0.1) is 0 Å². The summed E-state index contributed by atoms with van der Waals surface area (Å²) in [6.07, 6.45) is -4.78. The quantitative estimate of drug-likeness (QED) is 0.622. The van der Waals surface area contributed by atoms with E-state index in [-0.39, 0.29) is 12.8 Å². The Morgan fingerprint density at radius 2 is 1.64 bits per heavy atom. The average Bonchev–Trinajstić information content (AvgIpc) is 1.87. The highest BCUT2D eigenvalue weighted by atomic mass is 32.2. The fraction of sp³-hybridized carbons (Fsp3) is 1.00. The van der Waals surface area contributed by atoms with Gasteiger partial charge in [0.15, 0.2) is 5.60 Å². The topological polar surface area (TPSA) is 20.2 Å². The van der Waals surface area contributed by atoms with Crippen LogP contribution in [-0.4, -0.2) is 28.4 Å². The number of hydrogen-bond donors (Lipinski definition) is 1. The fourth-order valence-corrected chi connectivity index (χ4v) is 2.16. The highest BCUT2D eigenvalue weighted by molar-refractivity contribution is 7.99. The second-order valence-corrected chi connectivity index (χ2v) is 3.87. The zero-order valence-corrected chi connectivity index (χ0v) is 6.63. The van der Waals surface area contributed by atoms with Crippen molar-refractivity contribution in [3.05, 3.63) is 0 Å². The standard InChI is InChI=1S/C6H9F3OS/c7-6(8,9)5(10)1-3-11-4-2-5/h10H,1-4H2. The van der Waals surface area contributed by atoms with E-state index in [0.717, 1.165) is 0 Å². The molecule has 0 aromatic rings. The molecule has 1 saturated heterocycles. The van der Waals surface area contributed by atoms with Crippen LogP contribution in [0.3, 0.4) is 0 Å². The molecule has 1 fully saturated rings. The van der Waals surface area contributed by atoms with Crippen LogP contribution in [0.1, 0.15) is 12.8 Å². The number of alkyl halides is 3. The SMILES string of the molecule is OC1(C(F)(F)F)CCSCC1. The third kappa shape index (κ3) is 1.82. The Morgan fingerprint density at radius 3 is 1.91 bits per heavy atom. The minimum atomic E-state index is -4.45. The van der Waals surface area contributed by atoms with E-state index in [1.54, 1.807) is 0 Å². The van der Waals surface area contributed by atoms with Crippen molar-refractivity contribution >= 4 is 11.8 Å². The first kappa shape index (κ1) is 9.19. The largest absolute Gasteiger partial charge is 0.417 e. The van der Waals surface area contributed by atoms with E-state index in [4.69, 9.17) is 5.11 Å². The third-order valence-corrected chi connectivity index (χ3v) is 2.83. The summed E-state index contributed by atoms with van der Waals surface area (Å²) < 4.78 is 36.2. The van der Waals surface area contributed by atoms with Crippen molar-refractivity contribution in [3.63, 3.8) is 0 Å². The van der Waals surface area contributed by atoms with E-state index in [1.807, 2.05) is 0 Å². The Balaban J connectivity index is 2.64. The molecular formula is C6H9F3OS. The summed E-state index contributed by atoms with van der Waals surface area (Å²) in [5.41, 5.74) is -2.40. The van der Waals surface area contributed by atoms with Crippen LogP contribution in [-0.2, 0) is 0 Å².